The van der Waals surface area contributed by atoms with Crippen LogP contribution in [0.15, 0.2) is 36.8 Å². The lowest BCUT2D eigenvalue weighted by Gasteiger charge is -2.46. The largest absolute Gasteiger partial charge is 0.479 e. The minimum Gasteiger partial charge on any atom is -0.479 e. The molecular formula is C36H50ClFN8O4Si. The number of carbonyl (C=O) groups is 1. The normalized spacial score (nSPS) is 19.6. The third-order valence-corrected chi connectivity index (χ3v) is 15.2. The molecule has 1 aliphatic heterocycles. The molecule has 276 valence electrons. The van der Waals surface area contributed by atoms with Gasteiger partial charge in [0.2, 0.25) is 0 Å². The molecule has 0 bridgehead atoms. The highest BCUT2D eigenvalue weighted by Crippen LogP contribution is 2.41. The molecule has 4 aromatic rings. The van der Waals surface area contributed by atoms with E-state index in [0.717, 1.165) is 42.9 Å². The van der Waals surface area contributed by atoms with Crippen LogP contribution in [0.1, 0.15) is 77.9 Å². The molecule has 1 unspecified atom stereocenters. The highest BCUT2D eigenvalue weighted by atomic mass is 35.5. The van der Waals surface area contributed by atoms with E-state index in [4.69, 9.17) is 25.5 Å². The van der Waals surface area contributed by atoms with Gasteiger partial charge in [-0.3, -0.25) is 9.88 Å². The van der Waals surface area contributed by atoms with Gasteiger partial charge in [-0.1, -0.05) is 37.6 Å². The number of carbonyl (C=O) groups excluding carboxylic acids is 1. The quantitative estimate of drug-likeness (QED) is 0.161. The standard InChI is InChI=1S/C36H50ClFN8O4Si/c1-23-32(41-42-46(23)27-17-26(18-27)43-12-14-44(15-13-43)34(47)50-35(2,3)4)24-16-30(33-28(37)20-40-45(33)21-24)49-31(29-11-10-25(38)19-39-29)22-48-51(8,9)36(5,6)7/h10-11,16,19-21,26-27,31H,12-15,17-18,22H2,1-9H3. The molecule has 2 fully saturated rings. The molecule has 0 spiro atoms. The van der Waals surface area contributed by atoms with E-state index in [0.29, 0.717) is 41.1 Å². The molecule has 1 saturated heterocycles. The SMILES string of the molecule is Cc1c(-c2cc(OC(CO[Si](C)(C)C(C)(C)C)c3ccc(F)cn3)c3c(Cl)cnn3c2)nnn1C1CC(N2CCN(C(=O)OC(C)(C)C)CC2)C1. The topological polar surface area (TPSA) is 112 Å². The van der Waals surface area contributed by atoms with Crippen molar-refractivity contribution in [2.75, 3.05) is 32.8 Å². The average Bonchev–Trinajstić information content (AvgIpc) is 3.60. The van der Waals surface area contributed by atoms with Crippen molar-refractivity contribution in [2.45, 2.75) is 103 Å². The predicted octanol–water partition coefficient (Wildman–Crippen LogP) is 7.49. The number of aromatic nitrogens is 6. The molecule has 12 nitrogen and oxygen atoms in total. The van der Waals surface area contributed by atoms with E-state index in [2.05, 4.69) is 59.2 Å². The van der Waals surface area contributed by atoms with Crippen LogP contribution >= 0.6 is 11.6 Å². The Hall–Kier alpha value is -3.59. The maximum absolute atomic E-state index is 13.9. The minimum absolute atomic E-state index is 0.0176. The molecule has 1 amide bonds. The lowest BCUT2D eigenvalue weighted by atomic mass is 9.85. The maximum Gasteiger partial charge on any atom is 0.410 e. The van der Waals surface area contributed by atoms with Crippen LogP contribution in [0.25, 0.3) is 16.8 Å². The Kier molecular flexibility index (Phi) is 10.3. The van der Waals surface area contributed by atoms with E-state index >= 15 is 0 Å². The highest BCUT2D eigenvalue weighted by molar-refractivity contribution is 6.74. The Bertz CT molecular complexity index is 1860. The Labute approximate surface area is 305 Å². The molecule has 0 aromatic carbocycles. The zero-order valence-electron chi connectivity index (χ0n) is 31.1. The van der Waals surface area contributed by atoms with Gasteiger partial charge in [0.1, 0.15) is 28.4 Å². The summed E-state index contributed by atoms with van der Waals surface area (Å²) in [4.78, 5) is 21.1. The molecule has 6 rings (SSSR count). The van der Waals surface area contributed by atoms with E-state index in [9.17, 15) is 9.18 Å². The van der Waals surface area contributed by atoms with Gasteiger partial charge in [0.25, 0.3) is 0 Å². The Morgan fingerprint density at radius 1 is 1.06 bits per heavy atom. The average molecular weight is 741 g/mol. The number of ether oxygens (including phenoxy) is 2. The van der Waals surface area contributed by atoms with Crippen LogP contribution in [0.3, 0.4) is 0 Å². The lowest BCUT2D eigenvalue weighted by Crippen LogP contribution is -2.55. The number of fused-ring (bicyclic) bond motifs is 1. The Morgan fingerprint density at radius 2 is 1.76 bits per heavy atom. The van der Waals surface area contributed by atoms with Gasteiger partial charge in [-0.05, 0) is 76.9 Å². The van der Waals surface area contributed by atoms with E-state index in [1.807, 2.05) is 44.6 Å². The van der Waals surface area contributed by atoms with Crippen LogP contribution in [-0.4, -0.2) is 98.2 Å². The van der Waals surface area contributed by atoms with E-state index in [1.165, 1.54) is 12.3 Å². The highest BCUT2D eigenvalue weighted by Gasteiger charge is 2.40. The van der Waals surface area contributed by atoms with Crippen molar-refractivity contribution in [2.24, 2.45) is 0 Å². The van der Waals surface area contributed by atoms with Gasteiger partial charge in [0.05, 0.1) is 41.5 Å². The predicted molar refractivity (Wildman–Crippen MR) is 196 cm³/mol. The number of pyridine rings is 2. The fourth-order valence-corrected chi connectivity index (χ4v) is 7.51. The van der Waals surface area contributed by atoms with Crippen molar-refractivity contribution >= 4 is 31.5 Å². The second-order valence-electron chi connectivity index (χ2n) is 16.2. The number of hydrogen-bond acceptors (Lipinski definition) is 9. The third-order valence-electron chi connectivity index (χ3n) is 10.4. The first-order valence-corrected chi connectivity index (χ1v) is 20.9. The fourth-order valence-electron chi connectivity index (χ4n) is 6.29. The van der Waals surface area contributed by atoms with Crippen molar-refractivity contribution in [1.29, 1.82) is 0 Å². The number of halogens is 2. The minimum atomic E-state index is -2.16. The van der Waals surface area contributed by atoms with Crippen LogP contribution in [-0.2, 0) is 9.16 Å². The monoisotopic (exact) mass is 740 g/mol. The molecule has 5 heterocycles. The van der Waals surface area contributed by atoms with Crippen molar-refractivity contribution in [3.63, 3.8) is 0 Å². The summed E-state index contributed by atoms with van der Waals surface area (Å²) in [5, 5.41) is 14.1. The second kappa shape index (κ2) is 14.1. The summed E-state index contributed by atoms with van der Waals surface area (Å²) in [6, 6.07) is 5.55. The van der Waals surface area contributed by atoms with Gasteiger partial charge in [0, 0.05) is 44.0 Å². The molecule has 2 aliphatic rings. The Morgan fingerprint density at radius 3 is 2.39 bits per heavy atom. The molecular weight excluding hydrogens is 691 g/mol. The van der Waals surface area contributed by atoms with Gasteiger partial charge < -0.3 is 18.8 Å². The Balaban J connectivity index is 1.19. The molecule has 1 atom stereocenters. The first-order chi connectivity index (χ1) is 23.9. The number of amides is 1. The number of hydrogen-bond donors (Lipinski definition) is 0. The summed E-state index contributed by atoms with van der Waals surface area (Å²) in [6.45, 7) is 21.8. The van der Waals surface area contributed by atoms with Crippen LogP contribution in [0.5, 0.6) is 5.75 Å². The van der Waals surface area contributed by atoms with Gasteiger partial charge in [-0.25, -0.2) is 18.4 Å². The fraction of sp³-hybridized carbons (Fsp3) is 0.583. The summed E-state index contributed by atoms with van der Waals surface area (Å²) in [7, 11) is -2.16. The zero-order chi connectivity index (χ0) is 36.9. The molecule has 51 heavy (non-hydrogen) atoms. The number of nitrogens with zero attached hydrogens (tertiary/aromatic N) is 8. The van der Waals surface area contributed by atoms with E-state index in [1.54, 1.807) is 21.7 Å². The van der Waals surface area contributed by atoms with Gasteiger partial charge in [-0.2, -0.15) is 5.10 Å². The van der Waals surface area contributed by atoms with Crippen molar-refractivity contribution in [3.8, 4) is 17.0 Å². The molecule has 1 aliphatic carbocycles. The summed E-state index contributed by atoms with van der Waals surface area (Å²) in [6.07, 6.45) is 5.67. The van der Waals surface area contributed by atoms with Crippen molar-refractivity contribution in [3.05, 3.63) is 59.0 Å². The smallest absolute Gasteiger partial charge is 0.410 e. The van der Waals surface area contributed by atoms with Crippen LogP contribution in [0.4, 0.5) is 9.18 Å². The summed E-state index contributed by atoms with van der Waals surface area (Å²) in [5.74, 6) is 0.0521. The van der Waals surface area contributed by atoms with Crippen LogP contribution in [0.2, 0.25) is 23.2 Å². The van der Waals surface area contributed by atoms with Crippen LogP contribution < -0.4 is 4.74 Å². The summed E-state index contributed by atoms with van der Waals surface area (Å²) >= 11 is 6.65. The molecule has 0 radical (unpaired) electrons. The first kappa shape index (κ1) is 37.2. The molecule has 0 N–H and O–H groups in total. The van der Waals surface area contributed by atoms with Crippen molar-refractivity contribution < 1.29 is 23.1 Å². The van der Waals surface area contributed by atoms with Gasteiger partial charge in [0.15, 0.2) is 14.4 Å². The summed E-state index contributed by atoms with van der Waals surface area (Å²) in [5.41, 5.74) is 3.07. The third kappa shape index (κ3) is 8.08. The first-order valence-electron chi connectivity index (χ1n) is 17.6. The van der Waals surface area contributed by atoms with E-state index < -0.39 is 25.8 Å². The van der Waals surface area contributed by atoms with Crippen molar-refractivity contribution in [1.82, 2.24) is 39.4 Å². The molecule has 1 saturated carbocycles. The number of piperazine rings is 1. The number of rotatable bonds is 9. The molecule has 4 aromatic heterocycles. The van der Waals surface area contributed by atoms with Crippen LogP contribution in [0, 0.1) is 12.7 Å². The van der Waals surface area contributed by atoms with E-state index in [-0.39, 0.29) is 23.8 Å². The zero-order valence-corrected chi connectivity index (χ0v) is 32.9. The second-order valence-corrected chi connectivity index (χ2v) is 21.4. The van der Waals surface area contributed by atoms with Gasteiger partial charge in [-0.15, -0.1) is 5.10 Å². The lowest BCUT2D eigenvalue weighted by molar-refractivity contribution is -0.00173. The summed E-state index contributed by atoms with van der Waals surface area (Å²) < 4.78 is 36.4. The molecule has 15 heteroatoms. The maximum atomic E-state index is 13.9. The van der Waals surface area contributed by atoms with Gasteiger partial charge >= 0.3 is 6.09 Å².